The standard InChI is InChI=1S/C18H10Br4N2O2S2/c1-2-5-27-18-23-8-4-3-7(6-9(8)28-18)24-16(25)10-11(17(24)26)13(20)15(22)14(21)12(10)19/h3-4,6H,2,5H2,1H3. The number of anilines is 1. The van der Waals surface area contributed by atoms with Crippen LogP contribution in [-0.2, 0) is 0 Å². The summed E-state index contributed by atoms with van der Waals surface area (Å²) >= 11 is 17.1. The van der Waals surface area contributed by atoms with Crippen molar-refractivity contribution < 1.29 is 9.59 Å². The van der Waals surface area contributed by atoms with Gasteiger partial charge in [0.15, 0.2) is 4.34 Å². The maximum Gasteiger partial charge on any atom is 0.267 e. The largest absolute Gasteiger partial charge is 0.268 e. The summed E-state index contributed by atoms with van der Waals surface area (Å²) in [5, 5.41) is 0. The number of carbonyl (C=O) groups excluding carboxylic acids is 2. The molecule has 4 nitrogen and oxygen atoms in total. The Morgan fingerprint density at radius 2 is 1.61 bits per heavy atom. The van der Waals surface area contributed by atoms with E-state index >= 15 is 0 Å². The Morgan fingerprint density at radius 1 is 1.00 bits per heavy atom. The van der Waals surface area contributed by atoms with Gasteiger partial charge in [0.1, 0.15) is 0 Å². The van der Waals surface area contributed by atoms with Gasteiger partial charge in [-0.15, -0.1) is 11.3 Å². The molecule has 28 heavy (non-hydrogen) atoms. The number of nitrogens with zero attached hydrogens (tertiary/aromatic N) is 2. The van der Waals surface area contributed by atoms with Gasteiger partial charge in [-0.3, -0.25) is 9.59 Å². The zero-order valence-corrected chi connectivity index (χ0v) is 22.2. The van der Waals surface area contributed by atoms with Crippen LogP contribution in [0.2, 0.25) is 0 Å². The Balaban J connectivity index is 1.80. The highest BCUT2D eigenvalue weighted by Gasteiger charge is 2.42. The van der Waals surface area contributed by atoms with Gasteiger partial charge >= 0.3 is 0 Å². The van der Waals surface area contributed by atoms with E-state index in [1.165, 1.54) is 4.90 Å². The van der Waals surface area contributed by atoms with Crippen molar-refractivity contribution in [1.82, 2.24) is 4.98 Å². The Kier molecular flexibility index (Phi) is 6.08. The highest BCUT2D eigenvalue weighted by molar-refractivity contribution is 9.15. The fourth-order valence-electron chi connectivity index (χ4n) is 2.87. The summed E-state index contributed by atoms with van der Waals surface area (Å²) in [7, 11) is 0. The maximum absolute atomic E-state index is 13.1. The number of benzene rings is 2. The van der Waals surface area contributed by atoms with E-state index in [2.05, 4.69) is 75.6 Å². The Hall–Kier alpha value is -0.260. The topological polar surface area (TPSA) is 50.3 Å². The molecule has 0 fully saturated rings. The number of fused-ring (bicyclic) bond motifs is 2. The van der Waals surface area contributed by atoms with Crippen LogP contribution in [0, 0.1) is 0 Å². The van der Waals surface area contributed by atoms with E-state index in [0.717, 1.165) is 26.7 Å². The second-order valence-corrected chi connectivity index (χ2v) is 11.5. The molecule has 0 aliphatic carbocycles. The van der Waals surface area contributed by atoms with Gasteiger partial charge in [-0.2, -0.15) is 0 Å². The summed E-state index contributed by atoms with van der Waals surface area (Å²) in [5.74, 6) is 0.298. The monoisotopic (exact) mass is 666 g/mol. The van der Waals surface area contributed by atoms with E-state index in [0.29, 0.717) is 34.7 Å². The first-order valence-corrected chi connectivity index (χ1v) is 13.1. The molecule has 0 unspecified atom stereocenters. The number of halogens is 4. The smallest absolute Gasteiger partial charge is 0.267 e. The van der Waals surface area contributed by atoms with E-state index in [1.807, 2.05) is 12.1 Å². The fraction of sp³-hybridized carbons (Fsp3) is 0.167. The molecular weight excluding hydrogens is 660 g/mol. The van der Waals surface area contributed by atoms with Crippen molar-refractivity contribution in [3.63, 3.8) is 0 Å². The molecule has 1 aromatic heterocycles. The third kappa shape index (κ3) is 3.33. The maximum atomic E-state index is 13.1. The Labute approximate surface area is 203 Å². The summed E-state index contributed by atoms with van der Waals surface area (Å²) < 4.78 is 4.40. The first-order valence-electron chi connectivity index (χ1n) is 8.13. The van der Waals surface area contributed by atoms with Gasteiger partial charge in [0.2, 0.25) is 0 Å². The molecular formula is C18H10Br4N2O2S2. The highest BCUT2D eigenvalue weighted by atomic mass is 79.9. The molecule has 3 aromatic rings. The highest BCUT2D eigenvalue weighted by Crippen LogP contribution is 2.46. The SMILES string of the molecule is CCCSc1nc2ccc(N3C(=O)c4c(Br)c(Br)c(Br)c(Br)c4C3=O)cc2s1. The van der Waals surface area contributed by atoms with Gasteiger partial charge in [-0.1, -0.05) is 18.7 Å². The fourth-order valence-corrected chi connectivity index (χ4v) is 7.35. The van der Waals surface area contributed by atoms with Crippen LogP contribution in [0.5, 0.6) is 0 Å². The van der Waals surface area contributed by atoms with Crippen molar-refractivity contribution in [3.05, 3.63) is 47.2 Å². The number of imide groups is 1. The molecule has 0 N–H and O–H groups in total. The lowest BCUT2D eigenvalue weighted by Gasteiger charge is -2.13. The number of hydrogen-bond donors (Lipinski definition) is 0. The molecule has 1 aliphatic heterocycles. The predicted molar refractivity (Wildman–Crippen MR) is 129 cm³/mol. The molecule has 10 heteroatoms. The quantitative estimate of drug-likeness (QED) is 0.124. The molecule has 1 aliphatic rings. The molecule has 2 amide bonds. The minimum Gasteiger partial charge on any atom is -0.268 e. The number of thiazole rings is 1. The molecule has 0 bridgehead atoms. The molecule has 4 rings (SSSR count). The molecule has 0 saturated heterocycles. The van der Waals surface area contributed by atoms with Crippen LogP contribution in [0.4, 0.5) is 5.69 Å². The third-order valence-electron chi connectivity index (χ3n) is 4.14. The molecule has 2 aromatic carbocycles. The first kappa shape index (κ1) is 21.0. The lowest BCUT2D eigenvalue weighted by atomic mass is 10.1. The van der Waals surface area contributed by atoms with Crippen LogP contribution in [0.15, 0.2) is 40.4 Å². The van der Waals surface area contributed by atoms with Crippen LogP contribution < -0.4 is 4.90 Å². The minimum absolute atomic E-state index is 0.343. The van der Waals surface area contributed by atoms with Gasteiger partial charge < -0.3 is 0 Å². The zero-order chi connectivity index (χ0) is 20.2. The minimum atomic E-state index is -0.356. The predicted octanol–water partition coefficient (Wildman–Crippen LogP) is 7.65. The van der Waals surface area contributed by atoms with Crippen molar-refractivity contribution in [2.24, 2.45) is 0 Å². The molecule has 0 saturated carbocycles. The Bertz CT molecular complexity index is 1120. The summed E-state index contributed by atoms with van der Waals surface area (Å²) in [6, 6.07) is 5.48. The summed E-state index contributed by atoms with van der Waals surface area (Å²) in [6.07, 6.45) is 1.08. The van der Waals surface area contributed by atoms with Crippen molar-refractivity contribution in [1.29, 1.82) is 0 Å². The summed E-state index contributed by atoms with van der Waals surface area (Å²) in [4.78, 5) is 32.1. The van der Waals surface area contributed by atoms with Crippen LogP contribution in [-0.4, -0.2) is 22.6 Å². The number of amides is 2. The molecule has 0 radical (unpaired) electrons. The summed E-state index contributed by atoms with van der Waals surface area (Å²) in [6.45, 7) is 2.13. The van der Waals surface area contributed by atoms with Gasteiger partial charge in [0, 0.05) is 23.6 Å². The Morgan fingerprint density at radius 3 is 2.18 bits per heavy atom. The van der Waals surface area contributed by atoms with E-state index in [4.69, 9.17) is 0 Å². The van der Waals surface area contributed by atoms with Gasteiger partial charge in [0.25, 0.3) is 11.8 Å². The van der Waals surface area contributed by atoms with E-state index in [1.54, 1.807) is 29.2 Å². The van der Waals surface area contributed by atoms with Crippen molar-refractivity contribution >= 4 is 115 Å². The zero-order valence-electron chi connectivity index (χ0n) is 14.2. The van der Waals surface area contributed by atoms with E-state index in [9.17, 15) is 9.59 Å². The molecule has 2 heterocycles. The number of hydrogen-bond acceptors (Lipinski definition) is 5. The summed E-state index contributed by atoms with van der Waals surface area (Å²) in [5.41, 5.74) is 2.10. The van der Waals surface area contributed by atoms with Crippen molar-refractivity contribution in [2.45, 2.75) is 17.7 Å². The van der Waals surface area contributed by atoms with E-state index in [-0.39, 0.29) is 11.8 Å². The van der Waals surface area contributed by atoms with Crippen LogP contribution in [0.25, 0.3) is 10.2 Å². The number of aromatic nitrogens is 1. The average molecular weight is 670 g/mol. The van der Waals surface area contributed by atoms with Gasteiger partial charge in [0.05, 0.1) is 27.0 Å². The van der Waals surface area contributed by atoms with Crippen molar-refractivity contribution in [2.75, 3.05) is 10.7 Å². The van der Waals surface area contributed by atoms with Gasteiger partial charge in [-0.05, 0) is 88.3 Å². The second-order valence-electron chi connectivity index (χ2n) is 5.93. The van der Waals surface area contributed by atoms with Crippen LogP contribution >= 0.6 is 86.8 Å². The molecule has 0 atom stereocenters. The number of rotatable bonds is 4. The van der Waals surface area contributed by atoms with E-state index < -0.39 is 0 Å². The number of carbonyl (C=O) groups is 2. The second kappa shape index (κ2) is 8.11. The molecule has 144 valence electrons. The number of thioether (sulfide) groups is 1. The van der Waals surface area contributed by atoms with Crippen molar-refractivity contribution in [3.8, 4) is 0 Å². The van der Waals surface area contributed by atoms with Crippen LogP contribution in [0.1, 0.15) is 34.1 Å². The van der Waals surface area contributed by atoms with Gasteiger partial charge in [-0.25, -0.2) is 9.88 Å². The lowest BCUT2D eigenvalue weighted by molar-refractivity contribution is 0.0926. The first-order chi connectivity index (χ1) is 13.3. The van der Waals surface area contributed by atoms with Crippen LogP contribution in [0.3, 0.4) is 0 Å². The normalized spacial score (nSPS) is 13.7. The third-order valence-corrected chi connectivity index (χ3v) is 11.3. The average Bonchev–Trinajstić information content (AvgIpc) is 3.20. The lowest BCUT2D eigenvalue weighted by Crippen LogP contribution is -2.29. The molecule has 0 spiro atoms.